The third kappa shape index (κ3) is 3.27. The lowest BCUT2D eigenvalue weighted by Gasteiger charge is -2.14. The van der Waals surface area contributed by atoms with E-state index in [0.29, 0.717) is 5.82 Å². The summed E-state index contributed by atoms with van der Waals surface area (Å²) in [5.41, 5.74) is 4.79. The van der Waals surface area contributed by atoms with Gasteiger partial charge >= 0.3 is 0 Å². The molecule has 17 heavy (non-hydrogen) atoms. The number of carbonyl (C=O) groups is 2. The van der Waals surface area contributed by atoms with Crippen molar-refractivity contribution in [2.45, 2.75) is 26.2 Å². The van der Waals surface area contributed by atoms with E-state index >= 15 is 0 Å². The molecule has 3 N–H and O–H groups in total. The van der Waals surface area contributed by atoms with Crippen LogP contribution in [-0.2, 0) is 10.2 Å². The maximum Gasteiger partial charge on any atom is 0.293 e. The summed E-state index contributed by atoms with van der Waals surface area (Å²) < 4.78 is 0. The lowest BCUT2D eigenvalue weighted by Crippen LogP contribution is -2.35. The predicted octanol–water partition coefficient (Wildman–Crippen LogP) is -0.340. The van der Waals surface area contributed by atoms with Gasteiger partial charge in [-0.3, -0.25) is 14.7 Å². The van der Waals surface area contributed by atoms with Gasteiger partial charge in [-0.15, -0.1) is 5.10 Å². The maximum absolute atomic E-state index is 11.8. The van der Waals surface area contributed by atoms with E-state index in [2.05, 4.69) is 15.2 Å². The van der Waals surface area contributed by atoms with E-state index < -0.39 is 11.8 Å². The molecule has 0 aliphatic rings. The summed E-state index contributed by atoms with van der Waals surface area (Å²) >= 11 is 0. The molecule has 0 aliphatic heterocycles. The molecule has 1 heterocycles. The van der Waals surface area contributed by atoms with Gasteiger partial charge in [-0.2, -0.15) is 0 Å². The minimum absolute atomic E-state index is 0.0404. The number of amides is 2. The molecule has 0 aliphatic carbocycles. The summed E-state index contributed by atoms with van der Waals surface area (Å²) in [6, 6.07) is 0. The van der Waals surface area contributed by atoms with Crippen LogP contribution in [0.1, 0.15) is 37.2 Å². The molecule has 7 heteroatoms. The fraction of sp³-hybridized carbons (Fsp3) is 0.600. The Hall–Kier alpha value is -1.92. The molecule has 0 aromatic carbocycles. The Morgan fingerprint density at radius 2 is 2.00 bits per heavy atom. The highest BCUT2D eigenvalue weighted by atomic mass is 16.2. The SMILES string of the molecule is CN(CC(N)=O)C(=O)c1n[nH]c(C(C)(C)C)n1. The molecule has 0 bridgehead atoms. The van der Waals surface area contributed by atoms with Gasteiger partial charge in [0.05, 0.1) is 6.54 Å². The number of aromatic amines is 1. The van der Waals surface area contributed by atoms with E-state index in [4.69, 9.17) is 5.73 Å². The maximum atomic E-state index is 11.8. The molecule has 0 radical (unpaired) electrons. The van der Waals surface area contributed by atoms with Crippen LogP contribution in [-0.4, -0.2) is 45.5 Å². The second-order valence-corrected chi connectivity index (χ2v) is 4.89. The van der Waals surface area contributed by atoms with E-state index in [1.165, 1.54) is 11.9 Å². The lowest BCUT2D eigenvalue weighted by atomic mass is 9.96. The molecule has 2 amide bonds. The molecule has 7 nitrogen and oxygen atoms in total. The van der Waals surface area contributed by atoms with Gasteiger partial charge in [0, 0.05) is 12.5 Å². The zero-order valence-corrected chi connectivity index (χ0v) is 10.4. The van der Waals surface area contributed by atoms with E-state index in [9.17, 15) is 9.59 Å². The molecule has 0 saturated heterocycles. The van der Waals surface area contributed by atoms with Gasteiger partial charge in [0.15, 0.2) is 0 Å². The van der Waals surface area contributed by atoms with Crippen LogP contribution >= 0.6 is 0 Å². The highest BCUT2D eigenvalue weighted by molar-refractivity contribution is 5.92. The van der Waals surface area contributed by atoms with E-state index in [1.807, 2.05) is 20.8 Å². The Morgan fingerprint density at radius 3 is 2.41 bits per heavy atom. The van der Waals surface area contributed by atoms with Gasteiger partial charge in [0.1, 0.15) is 5.82 Å². The molecule has 1 rings (SSSR count). The molecule has 0 unspecified atom stereocenters. The third-order valence-electron chi connectivity index (χ3n) is 2.13. The standard InChI is InChI=1S/C10H17N5O2/c1-10(2,3)9-12-7(13-14-9)8(17)15(4)5-6(11)16/h5H2,1-4H3,(H2,11,16)(H,12,13,14). The second-order valence-electron chi connectivity index (χ2n) is 4.89. The number of primary amides is 1. The summed E-state index contributed by atoms with van der Waals surface area (Å²) in [6.45, 7) is 5.71. The molecule has 94 valence electrons. The highest BCUT2D eigenvalue weighted by Crippen LogP contribution is 2.17. The minimum Gasteiger partial charge on any atom is -0.368 e. The first-order chi connectivity index (χ1) is 7.71. The molecular formula is C10H17N5O2. The van der Waals surface area contributed by atoms with Crippen LogP contribution in [0, 0.1) is 0 Å². The monoisotopic (exact) mass is 239 g/mol. The van der Waals surface area contributed by atoms with Crippen molar-refractivity contribution in [3.05, 3.63) is 11.6 Å². The van der Waals surface area contributed by atoms with Crippen molar-refractivity contribution >= 4 is 11.8 Å². The molecule has 0 atom stereocenters. The third-order valence-corrected chi connectivity index (χ3v) is 2.13. The number of nitrogens with zero attached hydrogens (tertiary/aromatic N) is 3. The first-order valence-electron chi connectivity index (χ1n) is 5.18. The van der Waals surface area contributed by atoms with E-state index in [0.717, 1.165) is 0 Å². The van der Waals surface area contributed by atoms with E-state index in [1.54, 1.807) is 0 Å². The van der Waals surface area contributed by atoms with Crippen molar-refractivity contribution in [2.24, 2.45) is 5.73 Å². The van der Waals surface area contributed by atoms with Crippen LogP contribution in [0.4, 0.5) is 0 Å². The quantitative estimate of drug-likeness (QED) is 0.752. The zero-order valence-electron chi connectivity index (χ0n) is 10.4. The number of aromatic nitrogens is 3. The Bertz CT molecular complexity index is 432. The minimum atomic E-state index is -0.576. The summed E-state index contributed by atoms with van der Waals surface area (Å²) in [6.07, 6.45) is 0. The molecule has 0 fully saturated rings. The van der Waals surface area contributed by atoms with Crippen LogP contribution in [0.15, 0.2) is 0 Å². The molecule has 0 saturated carbocycles. The first-order valence-corrected chi connectivity index (χ1v) is 5.18. The molecule has 1 aromatic heterocycles. The number of rotatable bonds is 3. The van der Waals surface area contributed by atoms with Crippen molar-refractivity contribution in [1.82, 2.24) is 20.1 Å². The molecular weight excluding hydrogens is 222 g/mol. The predicted molar refractivity (Wildman–Crippen MR) is 61.2 cm³/mol. The number of nitrogens with two attached hydrogens (primary N) is 1. The lowest BCUT2D eigenvalue weighted by molar-refractivity contribution is -0.118. The largest absolute Gasteiger partial charge is 0.368 e. The Balaban J connectivity index is 2.84. The zero-order chi connectivity index (χ0) is 13.2. The normalized spacial score (nSPS) is 11.3. The Morgan fingerprint density at radius 1 is 1.41 bits per heavy atom. The van der Waals surface area contributed by atoms with Gasteiger partial charge in [-0.25, -0.2) is 4.98 Å². The van der Waals surface area contributed by atoms with Crippen molar-refractivity contribution < 1.29 is 9.59 Å². The number of hydrogen-bond acceptors (Lipinski definition) is 4. The van der Waals surface area contributed by atoms with Crippen LogP contribution < -0.4 is 5.73 Å². The fourth-order valence-electron chi connectivity index (χ4n) is 1.17. The van der Waals surface area contributed by atoms with Crippen molar-refractivity contribution in [1.29, 1.82) is 0 Å². The van der Waals surface area contributed by atoms with Gasteiger partial charge in [0.2, 0.25) is 11.7 Å². The highest BCUT2D eigenvalue weighted by Gasteiger charge is 2.23. The average molecular weight is 239 g/mol. The average Bonchev–Trinajstić information content (AvgIpc) is 2.63. The number of likely N-dealkylation sites (N-methyl/N-ethyl adjacent to an activating group) is 1. The van der Waals surface area contributed by atoms with Gasteiger partial charge in [-0.05, 0) is 0 Å². The van der Waals surface area contributed by atoms with Gasteiger partial charge in [-0.1, -0.05) is 20.8 Å². The summed E-state index contributed by atoms with van der Waals surface area (Å²) in [5.74, 6) is -0.352. The first kappa shape index (κ1) is 13.1. The van der Waals surface area contributed by atoms with Crippen molar-refractivity contribution in [3.8, 4) is 0 Å². The van der Waals surface area contributed by atoms with E-state index in [-0.39, 0.29) is 17.8 Å². The fourth-order valence-corrected chi connectivity index (χ4v) is 1.17. The summed E-state index contributed by atoms with van der Waals surface area (Å²) in [7, 11) is 1.47. The molecule has 1 aromatic rings. The van der Waals surface area contributed by atoms with Crippen LogP contribution in [0.3, 0.4) is 0 Å². The van der Waals surface area contributed by atoms with Crippen LogP contribution in [0.25, 0.3) is 0 Å². The van der Waals surface area contributed by atoms with Gasteiger partial charge in [0.25, 0.3) is 5.91 Å². The Labute approximate surface area is 99.4 Å². The molecule has 0 spiro atoms. The van der Waals surface area contributed by atoms with Gasteiger partial charge < -0.3 is 10.6 Å². The summed E-state index contributed by atoms with van der Waals surface area (Å²) in [5, 5.41) is 6.54. The smallest absolute Gasteiger partial charge is 0.293 e. The van der Waals surface area contributed by atoms with Crippen LogP contribution in [0.2, 0.25) is 0 Å². The Kier molecular flexibility index (Phi) is 3.50. The number of carbonyl (C=O) groups excluding carboxylic acids is 2. The van der Waals surface area contributed by atoms with Crippen LogP contribution in [0.5, 0.6) is 0 Å². The number of nitrogens with one attached hydrogen (secondary N) is 1. The topological polar surface area (TPSA) is 105 Å². The summed E-state index contributed by atoms with van der Waals surface area (Å²) in [4.78, 5) is 27.8. The number of H-pyrrole nitrogens is 1. The van der Waals surface area contributed by atoms with Crippen molar-refractivity contribution in [2.75, 3.05) is 13.6 Å². The number of hydrogen-bond donors (Lipinski definition) is 2. The van der Waals surface area contributed by atoms with Crippen molar-refractivity contribution in [3.63, 3.8) is 0 Å². The second kappa shape index (κ2) is 4.52.